The van der Waals surface area contributed by atoms with Crippen LogP contribution in [-0.4, -0.2) is 11.9 Å². The second-order valence-corrected chi connectivity index (χ2v) is 6.91. The first-order valence-corrected chi connectivity index (χ1v) is 7.73. The van der Waals surface area contributed by atoms with Crippen LogP contribution in [0.4, 0.5) is 0 Å². The normalized spacial score (nSPS) is 21.5. The number of alkyl halides is 1. The fraction of sp³-hybridized carbons (Fsp3) is 0.200. The van der Waals surface area contributed by atoms with E-state index >= 15 is 0 Å². The van der Waals surface area contributed by atoms with Crippen LogP contribution < -0.4 is 0 Å². The van der Waals surface area contributed by atoms with Gasteiger partial charge in [-0.05, 0) is 53.9 Å². The zero-order valence-electron chi connectivity index (χ0n) is 8.72. The predicted octanol–water partition coefficient (Wildman–Crippen LogP) is 4.21. The number of esters is 2. The highest BCUT2D eigenvalue weighted by Crippen LogP contribution is 2.50. The van der Waals surface area contributed by atoms with Gasteiger partial charge in [-0.2, -0.15) is 0 Å². The number of hydrogen-bond acceptors (Lipinski definition) is 4. The monoisotopic (exact) mass is 504 g/mol. The lowest BCUT2D eigenvalue weighted by atomic mass is 10.1. The van der Waals surface area contributed by atoms with Crippen molar-refractivity contribution in [3.8, 4) is 0 Å². The minimum absolute atomic E-state index is 0.315. The maximum Gasteiger partial charge on any atom is 0.343 e. The summed E-state index contributed by atoms with van der Waals surface area (Å²) in [6.45, 7) is 1.23. The van der Waals surface area contributed by atoms with E-state index in [0.717, 1.165) is 0 Å². The molecular weight excluding hydrogens is 504 g/mol. The van der Waals surface area contributed by atoms with Crippen molar-refractivity contribution in [2.24, 2.45) is 0 Å². The maximum atomic E-state index is 11.8. The first kappa shape index (κ1) is 14.5. The lowest BCUT2D eigenvalue weighted by Gasteiger charge is -2.22. The number of carbonyl (C=O) groups excluding carboxylic acids is 2. The summed E-state index contributed by atoms with van der Waals surface area (Å²) in [4.78, 5) is 22.9. The van der Waals surface area contributed by atoms with E-state index in [-0.39, 0.29) is 0 Å². The highest BCUT2D eigenvalue weighted by atomic mass is 79.9. The Bertz CT molecular complexity index is 571. The Kier molecular flexibility index (Phi) is 3.93. The minimum Gasteiger partial charge on any atom is -0.408 e. The van der Waals surface area contributed by atoms with Gasteiger partial charge in [-0.3, -0.25) is 4.79 Å². The summed E-state index contributed by atoms with van der Waals surface area (Å²) in [6.07, 6.45) is 0. The number of cyclic esters (lactones) is 1. The van der Waals surface area contributed by atoms with E-state index < -0.39 is 16.6 Å². The van der Waals surface area contributed by atoms with Crippen LogP contribution in [0.5, 0.6) is 0 Å². The van der Waals surface area contributed by atoms with Gasteiger partial charge in [0, 0.05) is 36.3 Å². The van der Waals surface area contributed by atoms with E-state index in [2.05, 4.69) is 63.7 Å². The maximum absolute atomic E-state index is 11.8. The topological polar surface area (TPSA) is 52.6 Å². The molecule has 1 aliphatic rings. The molecule has 0 spiro atoms. The van der Waals surface area contributed by atoms with E-state index in [9.17, 15) is 9.59 Å². The van der Waals surface area contributed by atoms with Gasteiger partial charge in [0.1, 0.15) is 0 Å². The SMILES string of the molecule is CC(=O)OC1(Br)OC(=O)c2cc(Br)c(Br)c(Br)c21. The Hall–Kier alpha value is 0.0800. The van der Waals surface area contributed by atoms with Gasteiger partial charge in [0.2, 0.25) is 0 Å². The molecule has 0 radical (unpaired) electrons. The Labute approximate surface area is 136 Å². The smallest absolute Gasteiger partial charge is 0.343 e. The summed E-state index contributed by atoms with van der Waals surface area (Å²) < 4.78 is 10.5. The fourth-order valence-electron chi connectivity index (χ4n) is 1.53. The average molecular weight is 508 g/mol. The Balaban J connectivity index is 2.68. The van der Waals surface area contributed by atoms with Crippen molar-refractivity contribution in [3.05, 3.63) is 30.6 Å². The summed E-state index contributed by atoms with van der Waals surface area (Å²) in [5.41, 5.74) is 0.729. The minimum atomic E-state index is -1.59. The van der Waals surface area contributed by atoms with Crippen LogP contribution in [-0.2, 0) is 19.0 Å². The molecule has 1 aromatic carbocycles. The van der Waals surface area contributed by atoms with Gasteiger partial charge in [0.05, 0.1) is 11.1 Å². The van der Waals surface area contributed by atoms with Gasteiger partial charge in [0.15, 0.2) is 0 Å². The summed E-state index contributed by atoms with van der Waals surface area (Å²) in [7, 11) is 0. The summed E-state index contributed by atoms with van der Waals surface area (Å²) in [5.74, 6) is -1.14. The molecule has 0 N–H and O–H groups in total. The van der Waals surface area contributed by atoms with Gasteiger partial charge >= 0.3 is 16.6 Å². The first-order valence-electron chi connectivity index (χ1n) is 4.56. The lowest BCUT2D eigenvalue weighted by Crippen LogP contribution is -2.25. The van der Waals surface area contributed by atoms with E-state index in [4.69, 9.17) is 9.47 Å². The summed E-state index contributed by atoms with van der Waals surface area (Å²) in [5, 5.41) is 0. The van der Waals surface area contributed by atoms with Gasteiger partial charge in [-0.25, -0.2) is 4.79 Å². The molecule has 0 fully saturated rings. The largest absolute Gasteiger partial charge is 0.408 e. The van der Waals surface area contributed by atoms with Crippen molar-refractivity contribution in [1.82, 2.24) is 0 Å². The molecule has 1 aromatic rings. The number of rotatable bonds is 1. The number of benzene rings is 1. The number of carbonyl (C=O) groups is 2. The summed E-state index contributed by atoms with van der Waals surface area (Å²) >= 11 is 13.1. The van der Waals surface area contributed by atoms with E-state index in [1.807, 2.05) is 0 Å². The molecule has 4 nitrogen and oxygen atoms in total. The van der Waals surface area contributed by atoms with Crippen molar-refractivity contribution in [2.45, 2.75) is 11.6 Å². The van der Waals surface area contributed by atoms with E-state index in [0.29, 0.717) is 24.5 Å². The van der Waals surface area contributed by atoms with Gasteiger partial charge < -0.3 is 9.47 Å². The second kappa shape index (κ2) is 4.88. The third kappa shape index (κ3) is 2.28. The Morgan fingerprint density at radius 2 is 1.94 bits per heavy atom. The van der Waals surface area contributed by atoms with Gasteiger partial charge in [-0.1, -0.05) is 0 Å². The van der Waals surface area contributed by atoms with Crippen LogP contribution in [0.2, 0.25) is 0 Å². The average Bonchev–Trinajstić information content (AvgIpc) is 2.46. The second-order valence-electron chi connectivity index (χ2n) is 3.43. The van der Waals surface area contributed by atoms with Crippen LogP contribution >= 0.6 is 63.7 Å². The Morgan fingerprint density at radius 1 is 1.33 bits per heavy atom. The van der Waals surface area contributed by atoms with Crippen molar-refractivity contribution in [2.75, 3.05) is 0 Å². The summed E-state index contributed by atoms with van der Waals surface area (Å²) in [6, 6.07) is 1.60. The quantitative estimate of drug-likeness (QED) is 0.325. The Morgan fingerprint density at radius 3 is 2.50 bits per heavy atom. The molecule has 0 bridgehead atoms. The van der Waals surface area contributed by atoms with E-state index in [1.54, 1.807) is 6.07 Å². The molecule has 1 unspecified atom stereocenters. The van der Waals surface area contributed by atoms with Gasteiger partial charge in [0.25, 0.3) is 0 Å². The van der Waals surface area contributed by atoms with Crippen LogP contribution in [0.3, 0.4) is 0 Å². The molecule has 96 valence electrons. The molecule has 0 aliphatic carbocycles. The van der Waals surface area contributed by atoms with E-state index in [1.165, 1.54) is 6.92 Å². The lowest BCUT2D eigenvalue weighted by molar-refractivity contribution is -0.172. The zero-order chi connectivity index (χ0) is 13.7. The molecule has 1 atom stereocenters. The van der Waals surface area contributed by atoms with Gasteiger partial charge in [-0.15, -0.1) is 0 Å². The molecule has 1 heterocycles. The molecule has 8 heteroatoms. The standard InChI is InChI=1S/C10H4Br4O4/c1-3(15)17-10(14)6-4(9(16)18-10)2-5(11)7(12)8(6)13/h2H,1H3. The fourth-order valence-corrected chi connectivity index (χ4v) is 4.28. The molecule has 2 rings (SSSR count). The molecule has 0 saturated carbocycles. The third-order valence-corrected chi connectivity index (χ3v) is 6.21. The van der Waals surface area contributed by atoms with Crippen molar-refractivity contribution >= 4 is 75.7 Å². The van der Waals surface area contributed by atoms with Crippen LogP contribution in [0, 0.1) is 0 Å². The van der Waals surface area contributed by atoms with Crippen molar-refractivity contribution in [1.29, 1.82) is 0 Å². The van der Waals surface area contributed by atoms with Crippen LogP contribution in [0.1, 0.15) is 22.8 Å². The van der Waals surface area contributed by atoms with Crippen molar-refractivity contribution in [3.63, 3.8) is 0 Å². The van der Waals surface area contributed by atoms with Crippen molar-refractivity contribution < 1.29 is 19.1 Å². The molecule has 1 aliphatic heterocycles. The molecule has 0 aromatic heterocycles. The van der Waals surface area contributed by atoms with Crippen LogP contribution in [0.15, 0.2) is 19.5 Å². The number of ether oxygens (including phenoxy) is 2. The molecule has 0 amide bonds. The molecule has 0 saturated heterocycles. The number of halogens is 4. The third-order valence-electron chi connectivity index (χ3n) is 2.18. The highest BCUT2D eigenvalue weighted by Gasteiger charge is 2.49. The highest BCUT2D eigenvalue weighted by molar-refractivity contribution is 9.14. The first-order chi connectivity index (χ1) is 8.26. The number of hydrogen-bond donors (Lipinski definition) is 0. The predicted molar refractivity (Wildman–Crippen MR) is 77.3 cm³/mol. The zero-order valence-corrected chi connectivity index (χ0v) is 15.1. The molecular formula is C10H4Br4O4. The van der Waals surface area contributed by atoms with Crippen LogP contribution in [0.25, 0.3) is 0 Å². The molecule has 18 heavy (non-hydrogen) atoms. The number of fused-ring (bicyclic) bond motifs is 1.